The number of pyridine rings is 1. The predicted molar refractivity (Wildman–Crippen MR) is 94.4 cm³/mol. The molecule has 1 aliphatic heterocycles. The van der Waals surface area contributed by atoms with Crippen molar-refractivity contribution in [2.75, 3.05) is 29.9 Å². The number of carbonyl (C=O) groups is 1. The zero-order valence-electron chi connectivity index (χ0n) is 14.0. The van der Waals surface area contributed by atoms with Gasteiger partial charge in [0.05, 0.1) is 11.9 Å². The average Bonchev–Trinajstić information content (AvgIpc) is 3.24. The molecule has 0 aliphatic carbocycles. The predicted octanol–water partition coefficient (Wildman–Crippen LogP) is 2.47. The number of aromatic nitrogens is 3. The van der Waals surface area contributed by atoms with E-state index in [0.29, 0.717) is 6.54 Å². The van der Waals surface area contributed by atoms with Crippen LogP contribution in [0.2, 0.25) is 0 Å². The Labute approximate surface area is 141 Å². The maximum atomic E-state index is 12.1. The van der Waals surface area contributed by atoms with Gasteiger partial charge in [-0.25, -0.2) is 9.78 Å². The summed E-state index contributed by atoms with van der Waals surface area (Å²) in [5.41, 5.74) is 3.05. The van der Waals surface area contributed by atoms with E-state index in [1.54, 1.807) is 6.20 Å². The summed E-state index contributed by atoms with van der Waals surface area (Å²) in [7, 11) is 0. The van der Waals surface area contributed by atoms with E-state index in [4.69, 9.17) is 0 Å². The van der Waals surface area contributed by atoms with Gasteiger partial charge in [0.1, 0.15) is 0 Å². The van der Waals surface area contributed by atoms with Gasteiger partial charge in [0.15, 0.2) is 5.82 Å². The molecule has 7 nitrogen and oxygen atoms in total. The molecule has 1 saturated heterocycles. The minimum absolute atomic E-state index is 0.188. The molecule has 7 heteroatoms. The third-order valence-corrected chi connectivity index (χ3v) is 4.28. The van der Waals surface area contributed by atoms with Crippen LogP contribution in [0.4, 0.5) is 16.3 Å². The molecule has 3 heterocycles. The molecule has 2 amide bonds. The van der Waals surface area contributed by atoms with Crippen LogP contribution in [0.5, 0.6) is 0 Å². The number of aryl methyl sites for hydroxylation is 2. The number of H-pyrrole nitrogens is 1. The van der Waals surface area contributed by atoms with Crippen LogP contribution in [0.3, 0.4) is 0 Å². The van der Waals surface area contributed by atoms with Crippen LogP contribution < -0.4 is 15.5 Å². The molecule has 3 N–H and O–H groups in total. The van der Waals surface area contributed by atoms with E-state index in [-0.39, 0.29) is 6.03 Å². The molecule has 24 heavy (non-hydrogen) atoms. The molecule has 0 radical (unpaired) electrons. The first kappa shape index (κ1) is 16.3. The van der Waals surface area contributed by atoms with Crippen LogP contribution in [0.25, 0.3) is 0 Å². The summed E-state index contributed by atoms with van der Waals surface area (Å²) in [6.07, 6.45) is 7.73. The number of hydrogen-bond donors (Lipinski definition) is 3. The van der Waals surface area contributed by atoms with Gasteiger partial charge < -0.3 is 15.5 Å². The van der Waals surface area contributed by atoms with Gasteiger partial charge in [-0.2, -0.15) is 5.10 Å². The minimum atomic E-state index is -0.188. The quantitative estimate of drug-likeness (QED) is 0.711. The van der Waals surface area contributed by atoms with Gasteiger partial charge in [-0.05, 0) is 50.3 Å². The van der Waals surface area contributed by atoms with E-state index < -0.39 is 0 Å². The largest absolute Gasteiger partial charge is 0.355 e. The molecule has 0 atom stereocenters. The van der Waals surface area contributed by atoms with E-state index in [9.17, 15) is 4.79 Å². The number of nitrogens with one attached hydrogen (secondary N) is 3. The molecule has 1 aliphatic rings. The van der Waals surface area contributed by atoms with Gasteiger partial charge in [-0.1, -0.05) is 0 Å². The van der Waals surface area contributed by atoms with Gasteiger partial charge in [-0.3, -0.25) is 5.10 Å². The summed E-state index contributed by atoms with van der Waals surface area (Å²) in [5.74, 6) is 0.860. The lowest BCUT2D eigenvalue weighted by Gasteiger charge is -2.20. The van der Waals surface area contributed by atoms with Crippen LogP contribution in [-0.2, 0) is 6.42 Å². The standard InChI is InChI=1S/C17H24N6O/c1-13-14(12-20-22-13)6-4-9-19-17(24)21-15-7-5-8-18-16(15)23-10-2-3-11-23/h5,7-8,12H,2-4,6,9-11H2,1H3,(H,20,22)(H2,19,21,24). The number of hydrogen-bond acceptors (Lipinski definition) is 4. The zero-order chi connectivity index (χ0) is 16.8. The molecular weight excluding hydrogens is 304 g/mol. The average molecular weight is 328 g/mol. The highest BCUT2D eigenvalue weighted by Crippen LogP contribution is 2.25. The molecular formula is C17H24N6O. The van der Waals surface area contributed by atoms with Crippen LogP contribution in [0.15, 0.2) is 24.5 Å². The third kappa shape index (κ3) is 4.04. The van der Waals surface area contributed by atoms with Crippen LogP contribution >= 0.6 is 0 Å². The highest BCUT2D eigenvalue weighted by atomic mass is 16.2. The number of carbonyl (C=O) groups excluding carboxylic acids is 1. The van der Waals surface area contributed by atoms with E-state index in [1.165, 1.54) is 18.4 Å². The van der Waals surface area contributed by atoms with E-state index in [0.717, 1.165) is 43.1 Å². The second kappa shape index (κ2) is 7.81. The Morgan fingerprint density at radius 3 is 2.96 bits per heavy atom. The van der Waals surface area contributed by atoms with E-state index in [2.05, 4.69) is 30.7 Å². The molecule has 3 rings (SSSR count). The molecule has 0 saturated carbocycles. The second-order valence-corrected chi connectivity index (χ2v) is 6.07. The maximum Gasteiger partial charge on any atom is 0.319 e. The Kier molecular flexibility index (Phi) is 5.30. The topological polar surface area (TPSA) is 85.9 Å². The molecule has 0 aromatic carbocycles. The Morgan fingerprint density at radius 2 is 2.21 bits per heavy atom. The summed E-state index contributed by atoms with van der Waals surface area (Å²) < 4.78 is 0. The van der Waals surface area contributed by atoms with Crippen molar-refractivity contribution < 1.29 is 4.79 Å². The molecule has 0 bridgehead atoms. The monoisotopic (exact) mass is 328 g/mol. The maximum absolute atomic E-state index is 12.1. The van der Waals surface area contributed by atoms with Gasteiger partial charge in [0, 0.05) is 31.5 Å². The first-order chi connectivity index (χ1) is 11.7. The normalized spacial score (nSPS) is 14.0. The fourth-order valence-electron chi connectivity index (χ4n) is 2.95. The van der Waals surface area contributed by atoms with Crippen molar-refractivity contribution >= 4 is 17.5 Å². The van der Waals surface area contributed by atoms with Crippen molar-refractivity contribution in [3.8, 4) is 0 Å². The lowest BCUT2D eigenvalue weighted by Crippen LogP contribution is -2.31. The van der Waals surface area contributed by atoms with Crippen molar-refractivity contribution in [2.24, 2.45) is 0 Å². The minimum Gasteiger partial charge on any atom is -0.355 e. The highest BCUT2D eigenvalue weighted by Gasteiger charge is 2.17. The van der Waals surface area contributed by atoms with E-state index >= 15 is 0 Å². The zero-order valence-corrected chi connectivity index (χ0v) is 14.0. The SMILES string of the molecule is Cc1[nH]ncc1CCCNC(=O)Nc1cccnc1N1CCCC1. The van der Waals surface area contributed by atoms with E-state index in [1.807, 2.05) is 25.3 Å². The first-order valence-electron chi connectivity index (χ1n) is 8.47. The fraction of sp³-hybridized carbons (Fsp3) is 0.471. The van der Waals surface area contributed by atoms with Gasteiger partial charge in [-0.15, -0.1) is 0 Å². The van der Waals surface area contributed by atoms with Crippen molar-refractivity contribution in [3.63, 3.8) is 0 Å². The second-order valence-electron chi connectivity index (χ2n) is 6.07. The van der Waals surface area contributed by atoms with Crippen molar-refractivity contribution in [1.29, 1.82) is 0 Å². The van der Waals surface area contributed by atoms with Gasteiger partial charge in [0.25, 0.3) is 0 Å². The molecule has 0 spiro atoms. The smallest absolute Gasteiger partial charge is 0.319 e. The fourth-order valence-corrected chi connectivity index (χ4v) is 2.95. The lowest BCUT2D eigenvalue weighted by atomic mass is 10.1. The number of amides is 2. The summed E-state index contributed by atoms with van der Waals surface area (Å²) in [6.45, 7) is 4.62. The molecule has 1 fully saturated rings. The van der Waals surface area contributed by atoms with Gasteiger partial charge in [0.2, 0.25) is 0 Å². The number of aromatic amines is 1. The number of anilines is 2. The molecule has 128 valence electrons. The number of rotatable bonds is 6. The molecule has 2 aromatic heterocycles. The summed E-state index contributed by atoms with van der Waals surface area (Å²) in [5, 5.41) is 12.7. The summed E-state index contributed by atoms with van der Waals surface area (Å²) >= 11 is 0. The Balaban J connectivity index is 1.47. The third-order valence-electron chi connectivity index (χ3n) is 4.28. The van der Waals surface area contributed by atoms with Gasteiger partial charge >= 0.3 is 6.03 Å². The molecule has 2 aromatic rings. The first-order valence-corrected chi connectivity index (χ1v) is 8.47. The van der Waals surface area contributed by atoms with Crippen LogP contribution in [0.1, 0.15) is 30.5 Å². The summed E-state index contributed by atoms with van der Waals surface area (Å²) in [6, 6.07) is 3.55. The van der Waals surface area contributed by atoms with Crippen LogP contribution in [-0.4, -0.2) is 40.8 Å². The Bertz CT molecular complexity index is 677. The van der Waals surface area contributed by atoms with Crippen molar-refractivity contribution in [2.45, 2.75) is 32.6 Å². The van der Waals surface area contributed by atoms with Crippen molar-refractivity contribution in [3.05, 3.63) is 35.8 Å². The lowest BCUT2D eigenvalue weighted by molar-refractivity contribution is 0.252. The molecule has 0 unspecified atom stereocenters. The van der Waals surface area contributed by atoms with Crippen LogP contribution in [0, 0.1) is 6.92 Å². The Morgan fingerprint density at radius 1 is 1.38 bits per heavy atom. The number of urea groups is 1. The Hall–Kier alpha value is -2.57. The number of nitrogens with zero attached hydrogens (tertiary/aromatic N) is 3. The van der Waals surface area contributed by atoms with Crippen molar-refractivity contribution in [1.82, 2.24) is 20.5 Å². The highest BCUT2D eigenvalue weighted by molar-refractivity contribution is 5.92. The summed E-state index contributed by atoms with van der Waals surface area (Å²) in [4.78, 5) is 18.8.